The number of nitrogens with one attached hydrogen (secondary N) is 1. The fourth-order valence-corrected chi connectivity index (χ4v) is 4.44. The number of amides is 1. The highest BCUT2D eigenvalue weighted by molar-refractivity contribution is 9.10. The van der Waals surface area contributed by atoms with E-state index in [9.17, 15) is 10.1 Å². The number of ether oxygens (including phenoxy) is 1. The second-order valence-corrected chi connectivity index (χ2v) is 9.36. The molecule has 6 heteroatoms. The summed E-state index contributed by atoms with van der Waals surface area (Å²) in [5, 5.41) is 15.2. The maximum absolute atomic E-state index is 12.7. The number of aryl methyl sites for hydroxylation is 1. The Morgan fingerprint density at radius 1 is 1.09 bits per heavy atom. The van der Waals surface area contributed by atoms with E-state index in [0.717, 1.165) is 15.6 Å². The van der Waals surface area contributed by atoms with E-state index in [1.807, 2.05) is 43.3 Å². The van der Waals surface area contributed by atoms with E-state index in [2.05, 4.69) is 52.4 Å². The van der Waals surface area contributed by atoms with Crippen molar-refractivity contribution >= 4 is 56.0 Å². The van der Waals surface area contributed by atoms with Gasteiger partial charge in [0.2, 0.25) is 0 Å². The van der Waals surface area contributed by atoms with Gasteiger partial charge < -0.3 is 10.1 Å². The molecule has 0 aliphatic carbocycles. The Bertz CT molecular complexity index is 1500. The Morgan fingerprint density at radius 3 is 2.66 bits per heavy atom. The zero-order chi connectivity index (χ0) is 24.9. The highest BCUT2D eigenvalue weighted by Gasteiger charge is 2.13. The molecule has 0 atom stereocenters. The summed E-state index contributed by atoms with van der Waals surface area (Å²) >= 11 is 9.68. The van der Waals surface area contributed by atoms with Crippen LogP contribution in [0, 0.1) is 25.2 Å². The number of carbonyl (C=O) groups is 1. The molecule has 4 aromatic rings. The van der Waals surface area contributed by atoms with E-state index >= 15 is 0 Å². The molecule has 0 bridgehead atoms. The number of rotatable bonds is 6. The van der Waals surface area contributed by atoms with E-state index in [4.69, 9.17) is 16.3 Å². The SMILES string of the molecule is Cc1ccc2ccccc2c1COc1ccc(/C=C(\C#N)C(=O)Nc2cccc(Cl)c2C)cc1Br. The van der Waals surface area contributed by atoms with Crippen molar-refractivity contribution in [3.8, 4) is 11.8 Å². The van der Waals surface area contributed by atoms with E-state index < -0.39 is 5.91 Å². The van der Waals surface area contributed by atoms with Crippen LogP contribution in [0.5, 0.6) is 5.75 Å². The van der Waals surface area contributed by atoms with Crippen LogP contribution >= 0.6 is 27.5 Å². The molecule has 0 aromatic heterocycles. The summed E-state index contributed by atoms with van der Waals surface area (Å²) in [4.78, 5) is 12.7. The molecule has 1 amide bonds. The molecule has 4 aromatic carbocycles. The number of carbonyl (C=O) groups excluding carboxylic acids is 1. The van der Waals surface area contributed by atoms with Crippen molar-refractivity contribution in [2.24, 2.45) is 0 Å². The molecule has 4 nitrogen and oxygen atoms in total. The van der Waals surface area contributed by atoms with E-state index in [1.165, 1.54) is 16.3 Å². The molecular formula is C29H22BrClN2O2. The summed E-state index contributed by atoms with van der Waals surface area (Å²) in [6, 6.07) is 25.1. The van der Waals surface area contributed by atoms with Gasteiger partial charge in [-0.25, -0.2) is 0 Å². The van der Waals surface area contributed by atoms with E-state index in [1.54, 1.807) is 24.3 Å². The van der Waals surface area contributed by atoms with Crippen LogP contribution in [0.1, 0.15) is 22.3 Å². The largest absolute Gasteiger partial charge is 0.488 e. The molecule has 0 saturated heterocycles. The number of nitrogens with zero attached hydrogens (tertiary/aromatic N) is 1. The number of halogens is 2. The van der Waals surface area contributed by atoms with Gasteiger partial charge in [-0.2, -0.15) is 5.26 Å². The zero-order valence-corrected chi connectivity index (χ0v) is 21.6. The monoisotopic (exact) mass is 544 g/mol. The molecule has 0 aliphatic rings. The van der Waals surface area contributed by atoms with E-state index in [-0.39, 0.29) is 5.57 Å². The number of hydrogen-bond donors (Lipinski definition) is 1. The van der Waals surface area contributed by atoms with Gasteiger partial charge in [-0.3, -0.25) is 4.79 Å². The molecule has 35 heavy (non-hydrogen) atoms. The van der Waals surface area contributed by atoms with Crippen LogP contribution in [-0.4, -0.2) is 5.91 Å². The molecular weight excluding hydrogens is 524 g/mol. The van der Waals surface area contributed by atoms with Gasteiger partial charge in [0.25, 0.3) is 5.91 Å². The third-order valence-electron chi connectivity index (χ3n) is 5.79. The summed E-state index contributed by atoms with van der Waals surface area (Å²) in [6.07, 6.45) is 1.54. The Morgan fingerprint density at radius 2 is 1.89 bits per heavy atom. The first-order valence-corrected chi connectivity index (χ1v) is 12.1. The van der Waals surface area contributed by atoms with Crippen molar-refractivity contribution in [1.82, 2.24) is 0 Å². The van der Waals surface area contributed by atoms with Crippen molar-refractivity contribution < 1.29 is 9.53 Å². The molecule has 0 spiro atoms. The van der Waals surface area contributed by atoms with E-state index in [0.29, 0.717) is 28.6 Å². The smallest absolute Gasteiger partial charge is 0.266 e. The number of anilines is 1. The molecule has 0 fully saturated rings. The molecule has 0 radical (unpaired) electrons. The lowest BCUT2D eigenvalue weighted by Crippen LogP contribution is -2.14. The highest BCUT2D eigenvalue weighted by atomic mass is 79.9. The van der Waals surface area contributed by atoms with Crippen molar-refractivity contribution in [2.45, 2.75) is 20.5 Å². The molecule has 1 N–H and O–H groups in total. The first kappa shape index (κ1) is 24.5. The van der Waals surface area contributed by atoms with Crippen molar-refractivity contribution in [3.63, 3.8) is 0 Å². The molecule has 174 valence electrons. The Kier molecular flexibility index (Phi) is 7.55. The molecule has 4 rings (SSSR count). The van der Waals surface area contributed by atoms with Gasteiger partial charge in [-0.1, -0.05) is 60.1 Å². The minimum absolute atomic E-state index is 0.0173. The van der Waals surface area contributed by atoms with Crippen molar-refractivity contribution in [3.05, 3.63) is 110 Å². The highest BCUT2D eigenvalue weighted by Crippen LogP contribution is 2.30. The summed E-state index contributed by atoms with van der Waals surface area (Å²) in [6.45, 7) is 4.31. The number of benzene rings is 4. The van der Waals surface area contributed by atoms with Crippen LogP contribution < -0.4 is 10.1 Å². The average molecular weight is 546 g/mol. The minimum atomic E-state index is -0.499. The lowest BCUT2D eigenvalue weighted by Gasteiger charge is -2.13. The summed E-state index contributed by atoms with van der Waals surface area (Å²) < 4.78 is 6.85. The van der Waals surface area contributed by atoms with Gasteiger partial charge in [0, 0.05) is 16.3 Å². The van der Waals surface area contributed by atoms with Crippen molar-refractivity contribution in [1.29, 1.82) is 5.26 Å². The van der Waals surface area contributed by atoms with Crippen LogP contribution in [0.25, 0.3) is 16.8 Å². The molecule has 0 saturated carbocycles. The van der Waals surface area contributed by atoms with Crippen LogP contribution in [0.4, 0.5) is 5.69 Å². The van der Waals surface area contributed by atoms with Crippen LogP contribution in [0.2, 0.25) is 5.02 Å². The fraction of sp³-hybridized carbons (Fsp3) is 0.103. The van der Waals surface area contributed by atoms with Crippen LogP contribution in [0.15, 0.2) is 82.8 Å². The number of fused-ring (bicyclic) bond motifs is 1. The first-order chi connectivity index (χ1) is 16.9. The van der Waals surface area contributed by atoms with Crippen LogP contribution in [-0.2, 0) is 11.4 Å². The average Bonchev–Trinajstić information content (AvgIpc) is 2.85. The summed E-state index contributed by atoms with van der Waals surface area (Å²) in [5.41, 5.74) is 4.29. The fourth-order valence-electron chi connectivity index (χ4n) is 3.76. The Hall–Kier alpha value is -3.59. The van der Waals surface area contributed by atoms with Gasteiger partial charge in [-0.05, 0) is 87.6 Å². The molecule has 0 aliphatic heterocycles. The summed E-state index contributed by atoms with van der Waals surface area (Å²) in [7, 11) is 0. The predicted molar refractivity (Wildman–Crippen MR) is 146 cm³/mol. The minimum Gasteiger partial charge on any atom is -0.488 e. The molecule has 0 heterocycles. The first-order valence-electron chi connectivity index (χ1n) is 10.9. The van der Waals surface area contributed by atoms with Gasteiger partial charge >= 0.3 is 0 Å². The summed E-state index contributed by atoms with van der Waals surface area (Å²) in [5.74, 6) is 0.174. The maximum Gasteiger partial charge on any atom is 0.266 e. The topological polar surface area (TPSA) is 62.1 Å². The zero-order valence-electron chi connectivity index (χ0n) is 19.2. The Balaban J connectivity index is 1.51. The second kappa shape index (κ2) is 10.8. The van der Waals surface area contributed by atoms with Crippen molar-refractivity contribution in [2.75, 3.05) is 5.32 Å². The third-order valence-corrected chi connectivity index (χ3v) is 6.82. The van der Waals surface area contributed by atoms with Crippen LogP contribution in [0.3, 0.4) is 0 Å². The number of hydrogen-bond acceptors (Lipinski definition) is 3. The van der Waals surface area contributed by atoms with Gasteiger partial charge in [0.15, 0.2) is 0 Å². The number of nitriles is 1. The lowest BCUT2D eigenvalue weighted by atomic mass is 10.0. The lowest BCUT2D eigenvalue weighted by molar-refractivity contribution is -0.112. The van der Waals surface area contributed by atoms with Gasteiger partial charge in [-0.15, -0.1) is 0 Å². The predicted octanol–water partition coefficient (Wildman–Crippen LogP) is 8.00. The quantitative estimate of drug-likeness (QED) is 0.197. The van der Waals surface area contributed by atoms with Gasteiger partial charge in [0.1, 0.15) is 24.0 Å². The second-order valence-electron chi connectivity index (χ2n) is 8.10. The third kappa shape index (κ3) is 5.57. The molecule has 0 unspecified atom stereocenters. The normalized spacial score (nSPS) is 11.2. The standard InChI is InChI=1S/C29H22BrClN2O2/c1-18-10-12-21-6-3-4-7-23(21)24(18)17-35-28-13-11-20(15-25(28)30)14-22(16-32)29(34)33-27-9-5-8-26(31)19(27)2/h3-15H,17H2,1-2H3,(H,33,34)/b22-14+. The maximum atomic E-state index is 12.7. The van der Waals surface area contributed by atoms with Gasteiger partial charge in [0.05, 0.1) is 4.47 Å². The Labute approximate surface area is 217 Å².